The lowest BCUT2D eigenvalue weighted by atomic mass is 10.2. The molecule has 19 heavy (non-hydrogen) atoms. The second-order valence-electron chi connectivity index (χ2n) is 4.43. The molecule has 102 valence electrons. The first kappa shape index (κ1) is 13.3. The molecule has 2 N–H and O–H groups in total. The monoisotopic (exact) mass is 263 g/mol. The molecule has 0 aliphatic heterocycles. The predicted molar refractivity (Wildman–Crippen MR) is 69.8 cm³/mol. The van der Waals surface area contributed by atoms with Gasteiger partial charge in [0, 0.05) is 17.9 Å². The standard InChI is InChI=1S/C13H17N3O3/c1-2-19-12(17)8-16(9-3-4-9)10-5-6-15-11(7-10)13(14)18/h5-7,9H,2-4,8H2,1H3,(H2,14,18). The molecule has 1 saturated carbocycles. The van der Waals surface area contributed by atoms with E-state index in [1.54, 1.807) is 19.1 Å². The molecule has 1 aromatic rings. The van der Waals surface area contributed by atoms with E-state index in [0.717, 1.165) is 18.5 Å². The van der Waals surface area contributed by atoms with E-state index in [0.29, 0.717) is 12.6 Å². The van der Waals surface area contributed by atoms with Gasteiger partial charge in [0.15, 0.2) is 0 Å². The quantitative estimate of drug-likeness (QED) is 0.764. The number of carbonyl (C=O) groups is 2. The van der Waals surface area contributed by atoms with Crippen LogP contribution in [-0.2, 0) is 9.53 Å². The van der Waals surface area contributed by atoms with Crippen molar-refractivity contribution in [2.45, 2.75) is 25.8 Å². The van der Waals surface area contributed by atoms with Crippen molar-refractivity contribution in [2.24, 2.45) is 5.73 Å². The Balaban J connectivity index is 2.16. The summed E-state index contributed by atoms with van der Waals surface area (Å²) in [6.45, 7) is 2.32. The fraction of sp³-hybridized carbons (Fsp3) is 0.462. The highest BCUT2D eigenvalue weighted by Gasteiger charge is 2.31. The number of carbonyl (C=O) groups excluding carboxylic acids is 2. The second-order valence-corrected chi connectivity index (χ2v) is 4.43. The van der Waals surface area contributed by atoms with Gasteiger partial charge in [-0.3, -0.25) is 14.6 Å². The third-order valence-corrected chi connectivity index (χ3v) is 2.92. The molecule has 2 rings (SSSR count). The van der Waals surface area contributed by atoms with Crippen LogP contribution in [0.5, 0.6) is 0 Å². The van der Waals surface area contributed by atoms with Crippen LogP contribution in [0.2, 0.25) is 0 Å². The molecule has 6 heteroatoms. The van der Waals surface area contributed by atoms with E-state index in [1.807, 2.05) is 4.90 Å². The first-order valence-corrected chi connectivity index (χ1v) is 6.30. The molecule has 1 aromatic heterocycles. The van der Waals surface area contributed by atoms with Crippen LogP contribution in [0.25, 0.3) is 0 Å². The topological polar surface area (TPSA) is 85.5 Å². The lowest BCUT2D eigenvalue weighted by molar-refractivity contribution is -0.141. The summed E-state index contributed by atoms with van der Waals surface area (Å²) in [5.41, 5.74) is 6.19. The zero-order chi connectivity index (χ0) is 13.8. The molecule has 0 unspecified atom stereocenters. The number of nitrogens with zero attached hydrogens (tertiary/aromatic N) is 2. The van der Waals surface area contributed by atoms with Gasteiger partial charge in [-0.05, 0) is 31.9 Å². The molecule has 1 heterocycles. The van der Waals surface area contributed by atoms with Crippen molar-refractivity contribution in [2.75, 3.05) is 18.1 Å². The number of hydrogen-bond donors (Lipinski definition) is 1. The first-order valence-electron chi connectivity index (χ1n) is 6.30. The average Bonchev–Trinajstić information content (AvgIpc) is 3.20. The fourth-order valence-corrected chi connectivity index (χ4v) is 1.90. The van der Waals surface area contributed by atoms with Gasteiger partial charge in [0.05, 0.1) is 6.61 Å². The van der Waals surface area contributed by atoms with Gasteiger partial charge in [0.25, 0.3) is 5.91 Å². The molecule has 1 aliphatic rings. The van der Waals surface area contributed by atoms with Gasteiger partial charge >= 0.3 is 5.97 Å². The fourth-order valence-electron chi connectivity index (χ4n) is 1.90. The number of ether oxygens (including phenoxy) is 1. The van der Waals surface area contributed by atoms with Crippen molar-refractivity contribution in [1.82, 2.24) is 4.98 Å². The largest absolute Gasteiger partial charge is 0.465 e. The molecule has 0 spiro atoms. The van der Waals surface area contributed by atoms with Gasteiger partial charge in [-0.2, -0.15) is 0 Å². The minimum Gasteiger partial charge on any atom is -0.465 e. The van der Waals surface area contributed by atoms with Crippen molar-refractivity contribution in [3.8, 4) is 0 Å². The summed E-state index contributed by atoms with van der Waals surface area (Å²) in [5, 5.41) is 0. The number of rotatable bonds is 6. The van der Waals surface area contributed by atoms with E-state index in [2.05, 4.69) is 4.98 Å². The van der Waals surface area contributed by atoms with E-state index in [4.69, 9.17) is 10.5 Å². The summed E-state index contributed by atoms with van der Waals surface area (Å²) in [6.07, 6.45) is 3.59. The van der Waals surface area contributed by atoms with Gasteiger partial charge in [-0.15, -0.1) is 0 Å². The van der Waals surface area contributed by atoms with Gasteiger partial charge < -0.3 is 15.4 Å². The van der Waals surface area contributed by atoms with Crippen LogP contribution in [0.1, 0.15) is 30.3 Å². The van der Waals surface area contributed by atoms with Crippen LogP contribution in [0.3, 0.4) is 0 Å². The summed E-state index contributed by atoms with van der Waals surface area (Å²) in [4.78, 5) is 28.6. The molecule has 6 nitrogen and oxygen atoms in total. The molecular formula is C13H17N3O3. The summed E-state index contributed by atoms with van der Waals surface area (Å²) >= 11 is 0. The molecule has 0 radical (unpaired) electrons. The maximum atomic E-state index is 11.6. The van der Waals surface area contributed by atoms with Crippen molar-refractivity contribution in [3.05, 3.63) is 24.0 Å². The molecule has 0 aromatic carbocycles. The molecule has 1 aliphatic carbocycles. The number of pyridine rings is 1. The Morgan fingerprint density at radius 3 is 2.84 bits per heavy atom. The Morgan fingerprint density at radius 1 is 1.53 bits per heavy atom. The SMILES string of the molecule is CCOC(=O)CN(c1ccnc(C(N)=O)c1)C1CC1. The van der Waals surface area contributed by atoms with Crippen LogP contribution in [0, 0.1) is 0 Å². The van der Waals surface area contributed by atoms with Crippen molar-refractivity contribution >= 4 is 17.6 Å². The minimum absolute atomic E-state index is 0.181. The molecule has 1 fully saturated rings. The highest BCUT2D eigenvalue weighted by atomic mass is 16.5. The van der Waals surface area contributed by atoms with Crippen molar-refractivity contribution in [3.63, 3.8) is 0 Å². The third kappa shape index (κ3) is 3.43. The van der Waals surface area contributed by atoms with Crippen LogP contribution in [0.15, 0.2) is 18.3 Å². The average molecular weight is 263 g/mol. The van der Waals surface area contributed by atoms with Crippen LogP contribution in [0.4, 0.5) is 5.69 Å². The Labute approximate surface area is 111 Å². The lowest BCUT2D eigenvalue weighted by Gasteiger charge is -2.23. The predicted octanol–water partition coefficient (Wildman–Crippen LogP) is 0.712. The maximum Gasteiger partial charge on any atom is 0.325 e. The third-order valence-electron chi connectivity index (χ3n) is 2.92. The van der Waals surface area contributed by atoms with Gasteiger partial charge in [-0.25, -0.2) is 0 Å². The summed E-state index contributed by atoms with van der Waals surface area (Å²) in [7, 11) is 0. The smallest absolute Gasteiger partial charge is 0.325 e. The Morgan fingerprint density at radius 2 is 2.26 bits per heavy atom. The summed E-state index contributed by atoms with van der Waals surface area (Å²) < 4.78 is 4.96. The minimum atomic E-state index is -0.575. The zero-order valence-electron chi connectivity index (χ0n) is 10.8. The highest BCUT2D eigenvalue weighted by Crippen LogP contribution is 2.31. The number of hydrogen-bond acceptors (Lipinski definition) is 5. The Hall–Kier alpha value is -2.11. The molecule has 0 bridgehead atoms. The van der Waals surface area contributed by atoms with Crippen molar-refractivity contribution < 1.29 is 14.3 Å². The summed E-state index contributed by atoms with van der Waals surface area (Å²) in [5.74, 6) is -0.847. The van der Waals surface area contributed by atoms with E-state index >= 15 is 0 Å². The van der Waals surface area contributed by atoms with Gasteiger partial charge in [-0.1, -0.05) is 0 Å². The molecule has 0 saturated heterocycles. The second kappa shape index (κ2) is 5.69. The highest BCUT2D eigenvalue weighted by molar-refractivity contribution is 5.91. The van der Waals surface area contributed by atoms with E-state index in [9.17, 15) is 9.59 Å². The normalized spacial score (nSPS) is 13.9. The Kier molecular flexibility index (Phi) is 3.99. The molecule has 0 atom stereocenters. The van der Waals surface area contributed by atoms with E-state index in [1.165, 1.54) is 6.20 Å². The van der Waals surface area contributed by atoms with E-state index in [-0.39, 0.29) is 18.2 Å². The Bertz CT molecular complexity index is 486. The number of esters is 1. The number of aromatic nitrogens is 1. The molecular weight excluding hydrogens is 246 g/mol. The van der Waals surface area contributed by atoms with Crippen molar-refractivity contribution in [1.29, 1.82) is 0 Å². The van der Waals surface area contributed by atoms with Crippen LogP contribution < -0.4 is 10.6 Å². The lowest BCUT2D eigenvalue weighted by Crippen LogP contribution is -2.33. The van der Waals surface area contributed by atoms with Crippen LogP contribution in [-0.4, -0.2) is 36.1 Å². The van der Waals surface area contributed by atoms with Crippen LogP contribution >= 0.6 is 0 Å². The van der Waals surface area contributed by atoms with Gasteiger partial charge in [0.2, 0.25) is 0 Å². The number of amides is 1. The number of nitrogens with two attached hydrogens (primary N) is 1. The maximum absolute atomic E-state index is 11.6. The van der Waals surface area contributed by atoms with Gasteiger partial charge in [0.1, 0.15) is 12.2 Å². The first-order chi connectivity index (χ1) is 9.11. The summed E-state index contributed by atoms with van der Waals surface area (Å²) in [6, 6.07) is 3.71. The number of primary amides is 1. The molecule has 1 amide bonds. The zero-order valence-corrected chi connectivity index (χ0v) is 10.8. The number of anilines is 1. The van der Waals surface area contributed by atoms with E-state index < -0.39 is 5.91 Å².